The third-order valence-electron chi connectivity index (χ3n) is 4.23. The fourth-order valence-electron chi connectivity index (χ4n) is 2.95. The zero-order valence-corrected chi connectivity index (χ0v) is 14.4. The summed E-state index contributed by atoms with van der Waals surface area (Å²) in [6, 6.07) is 12.2. The Morgan fingerprint density at radius 2 is 1.80 bits per heavy atom. The first-order valence-corrected chi connectivity index (χ1v) is 7.92. The van der Waals surface area contributed by atoms with Crippen LogP contribution in [0.15, 0.2) is 47.6 Å². The molecule has 1 N–H and O–H groups in total. The molecule has 1 aliphatic heterocycles. The van der Waals surface area contributed by atoms with Gasteiger partial charge in [-0.2, -0.15) is 5.10 Å². The Hall–Kier alpha value is -3.02. The highest BCUT2D eigenvalue weighted by molar-refractivity contribution is 6.03. The number of carbonyl (C=O) groups excluding carboxylic acids is 1. The highest BCUT2D eigenvalue weighted by Gasteiger charge is 2.31. The SMILES string of the molecule is COc1ccc([C@@H]2CC(c3ccc(O)cc3)=NN2C(C)=O)cc1OC. The number of hydrazone groups is 1. The summed E-state index contributed by atoms with van der Waals surface area (Å²) in [5.74, 6) is 1.32. The molecule has 0 bridgehead atoms. The van der Waals surface area contributed by atoms with Crippen LogP contribution in [0.25, 0.3) is 0 Å². The Balaban J connectivity index is 1.94. The second kappa shape index (κ2) is 6.84. The van der Waals surface area contributed by atoms with Gasteiger partial charge in [0.05, 0.1) is 26.0 Å². The predicted octanol–water partition coefficient (Wildman–Crippen LogP) is 3.11. The van der Waals surface area contributed by atoms with Gasteiger partial charge in [-0.15, -0.1) is 0 Å². The number of nitrogens with zero attached hydrogens (tertiary/aromatic N) is 2. The lowest BCUT2D eigenvalue weighted by atomic mass is 9.98. The van der Waals surface area contributed by atoms with Gasteiger partial charge in [0.2, 0.25) is 5.91 Å². The van der Waals surface area contributed by atoms with Gasteiger partial charge in [-0.25, -0.2) is 5.01 Å². The predicted molar refractivity (Wildman–Crippen MR) is 94.1 cm³/mol. The molecule has 0 spiro atoms. The first kappa shape index (κ1) is 16.8. The Morgan fingerprint density at radius 1 is 1.12 bits per heavy atom. The summed E-state index contributed by atoms with van der Waals surface area (Å²) in [7, 11) is 3.17. The number of methoxy groups -OCH3 is 2. The maximum absolute atomic E-state index is 12.1. The van der Waals surface area contributed by atoms with Gasteiger partial charge in [0.15, 0.2) is 11.5 Å². The number of benzene rings is 2. The standard InChI is InChI=1S/C19H20N2O4/c1-12(22)21-17(14-6-9-18(24-2)19(10-14)25-3)11-16(20-21)13-4-7-15(23)8-5-13/h4-10,17,23H,11H2,1-3H3/t17-/m0/s1. The highest BCUT2D eigenvalue weighted by Crippen LogP contribution is 2.37. The van der Waals surface area contributed by atoms with Crippen molar-refractivity contribution in [3.8, 4) is 17.2 Å². The number of phenolic OH excluding ortho intramolecular Hbond substituents is 1. The van der Waals surface area contributed by atoms with E-state index in [1.807, 2.05) is 18.2 Å². The van der Waals surface area contributed by atoms with Crippen molar-refractivity contribution >= 4 is 11.6 Å². The molecule has 0 unspecified atom stereocenters. The topological polar surface area (TPSA) is 71.4 Å². The van der Waals surface area contributed by atoms with Gasteiger partial charge in [-0.05, 0) is 47.5 Å². The van der Waals surface area contributed by atoms with Gasteiger partial charge in [-0.1, -0.05) is 6.07 Å². The molecule has 6 nitrogen and oxygen atoms in total. The minimum Gasteiger partial charge on any atom is -0.508 e. The maximum atomic E-state index is 12.1. The summed E-state index contributed by atoms with van der Waals surface area (Å²) in [6.07, 6.45) is 0.583. The lowest BCUT2D eigenvalue weighted by Crippen LogP contribution is -2.24. The number of amides is 1. The fraction of sp³-hybridized carbons (Fsp3) is 0.263. The smallest absolute Gasteiger partial charge is 0.240 e. The summed E-state index contributed by atoms with van der Waals surface area (Å²) in [6.45, 7) is 1.50. The fourth-order valence-corrected chi connectivity index (χ4v) is 2.95. The molecule has 0 saturated heterocycles. The largest absolute Gasteiger partial charge is 0.508 e. The van der Waals surface area contributed by atoms with Crippen molar-refractivity contribution in [1.29, 1.82) is 0 Å². The van der Waals surface area contributed by atoms with Crippen molar-refractivity contribution in [2.45, 2.75) is 19.4 Å². The summed E-state index contributed by atoms with van der Waals surface area (Å²) in [4.78, 5) is 12.1. The number of hydrogen-bond donors (Lipinski definition) is 1. The average Bonchev–Trinajstić information content (AvgIpc) is 3.07. The zero-order valence-electron chi connectivity index (χ0n) is 14.4. The van der Waals surface area contributed by atoms with Crippen LogP contribution >= 0.6 is 0 Å². The molecule has 0 aliphatic carbocycles. The van der Waals surface area contributed by atoms with Crippen molar-refractivity contribution in [2.75, 3.05) is 14.2 Å². The maximum Gasteiger partial charge on any atom is 0.240 e. The monoisotopic (exact) mass is 340 g/mol. The molecular formula is C19H20N2O4. The number of rotatable bonds is 4. The van der Waals surface area contributed by atoms with Crippen molar-refractivity contribution in [3.63, 3.8) is 0 Å². The van der Waals surface area contributed by atoms with Crippen LogP contribution in [-0.2, 0) is 4.79 Å². The number of carbonyl (C=O) groups is 1. The molecule has 25 heavy (non-hydrogen) atoms. The molecule has 0 fully saturated rings. The summed E-state index contributed by atoms with van der Waals surface area (Å²) in [5, 5.41) is 15.4. The van der Waals surface area contributed by atoms with Crippen molar-refractivity contribution < 1.29 is 19.4 Å². The Labute approximate surface area is 146 Å². The van der Waals surface area contributed by atoms with Gasteiger partial charge in [0.1, 0.15) is 5.75 Å². The molecule has 0 aromatic heterocycles. The molecule has 1 amide bonds. The van der Waals surface area contributed by atoms with Crippen LogP contribution in [0.1, 0.15) is 30.5 Å². The van der Waals surface area contributed by atoms with Gasteiger partial charge < -0.3 is 14.6 Å². The molecule has 6 heteroatoms. The number of hydrogen-bond acceptors (Lipinski definition) is 5. The van der Waals surface area contributed by atoms with Crippen LogP contribution < -0.4 is 9.47 Å². The highest BCUT2D eigenvalue weighted by atomic mass is 16.5. The molecule has 2 aromatic carbocycles. The molecule has 3 rings (SSSR count). The van der Waals surface area contributed by atoms with E-state index in [1.165, 1.54) is 11.9 Å². The number of aromatic hydroxyl groups is 1. The Kier molecular flexibility index (Phi) is 4.61. The second-order valence-corrected chi connectivity index (χ2v) is 5.79. The number of phenols is 1. The van der Waals surface area contributed by atoms with E-state index in [2.05, 4.69) is 5.10 Å². The molecule has 0 saturated carbocycles. The lowest BCUT2D eigenvalue weighted by Gasteiger charge is -2.21. The normalized spacial score (nSPS) is 16.5. The van der Waals surface area contributed by atoms with E-state index in [1.54, 1.807) is 38.5 Å². The van der Waals surface area contributed by atoms with Crippen LogP contribution in [0.5, 0.6) is 17.2 Å². The van der Waals surface area contributed by atoms with Crippen molar-refractivity contribution in [2.24, 2.45) is 5.10 Å². The first-order chi connectivity index (χ1) is 12.0. The summed E-state index contributed by atoms with van der Waals surface area (Å²) < 4.78 is 10.6. The molecule has 1 aliphatic rings. The zero-order chi connectivity index (χ0) is 18.0. The molecule has 2 aromatic rings. The van der Waals surface area contributed by atoms with Crippen LogP contribution in [0.4, 0.5) is 0 Å². The third-order valence-corrected chi connectivity index (χ3v) is 4.23. The molecule has 1 atom stereocenters. The Morgan fingerprint density at radius 3 is 2.40 bits per heavy atom. The van der Waals surface area contributed by atoms with Gasteiger partial charge in [0, 0.05) is 13.3 Å². The minimum absolute atomic E-state index is 0.131. The number of ether oxygens (including phenoxy) is 2. The van der Waals surface area contributed by atoms with Gasteiger partial charge in [-0.3, -0.25) is 4.79 Å². The molecule has 0 radical (unpaired) electrons. The second-order valence-electron chi connectivity index (χ2n) is 5.79. The van der Waals surface area contributed by atoms with Crippen LogP contribution in [0.2, 0.25) is 0 Å². The van der Waals surface area contributed by atoms with E-state index >= 15 is 0 Å². The Bertz CT molecular complexity index is 815. The third kappa shape index (κ3) is 3.28. The average molecular weight is 340 g/mol. The van der Waals surface area contributed by atoms with Crippen LogP contribution in [-0.4, -0.2) is 36.0 Å². The van der Waals surface area contributed by atoms with Crippen molar-refractivity contribution in [3.05, 3.63) is 53.6 Å². The minimum atomic E-state index is -0.207. The van der Waals surface area contributed by atoms with E-state index in [0.717, 1.165) is 16.8 Å². The quantitative estimate of drug-likeness (QED) is 0.928. The molecule has 1 heterocycles. The van der Waals surface area contributed by atoms with E-state index in [-0.39, 0.29) is 17.7 Å². The van der Waals surface area contributed by atoms with Crippen LogP contribution in [0, 0.1) is 0 Å². The van der Waals surface area contributed by atoms with E-state index < -0.39 is 0 Å². The molecule has 130 valence electrons. The van der Waals surface area contributed by atoms with Gasteiger partial charge >= 0.3 is 0 Å². The van der Waals surface area contributed by atoms with E-state index in [0.29, 0.717) is 17.9 Å². The van der Waals surface area contributed by atoms with E-state index in [9.17, 15) is 9.90 Å². The lowest BCUT2D eigenvalue weighted by molar-refractivity contribution is -0.130. The van der Waals surface area contributed by atoms with Gasteiger partial charge in [0.25, 0.3) is 0 Å². The molecular weight excluding hydrogens is 320 g/mol. The summed E-state index contributed by atoms with van der Waals surface area (Å²) in [5.41, 5.74) is 2.60. The first-order valence-electron chi connectivity index (χ1n) is 7.92. The van der Waals surface area contributed by atoms with E-state index in [4.69, 9.17) is 9.47 Å². The van der Waals surface area contributed by atoms with Crippen LogP contribution in [0.3, 0.4) is 0 Å². The van der Waals surface area contributed by atoms with Crippen molar-refractivity contribution in [1.82, 2.24) is 5.01 Å². The summed E-state index contributed by atoms with van der Waals surface area (Å²) >= 11 is 0.